The van der Waals surface area contributed by atoms with E-state index in [0.29, 0.717) is 30.8 Å². The van der Waals surface area contributed by atoms with Crippen LogP contribution in [0.2, 0.25) is 0 Å². The van der Waals surface area contributed by atoms with Crippen LogP contribution in [-0.2, 0) is 9.53 Å². The normalized spacial score (nSPS) is 15.7. The lowest BCUT2D eigenvalue weighted by Crippen LogP contribution is -2.37. The summed E-state index contributed by atoms with van der Waals surface area (Å²) in [6.45, 7) is 4.17. The number of nitrogens with zero attached hydrogens (tertiary/aromatic N) is 3. The lowest BCUT2D eigenvalue weighted by molar-refractivity contribution is -0.114. The van der Waals surface area contributed by atoms with E-state index in [-0.39, 0.29) is 5.91 Å². The third-order valence-electron chi connectivity index (χ3n) is 2.33. The van der Waals surface area contributed by atoms with Gasteiger partial charge in [0.05, 0.1) is 13.2 Å². The van der Waals surface area contributed by atoms with Gasteiger partial charge in [-0.2, -0.15) is 9.97 Å². The van der Waals surface area contributed by atoms with E-state index < -0.39 is 0 Å². The van der Waals surface area contributed by atoms with E-state index in [1.54, 1.807) is 0 Å². The molecule has 2 heterocycles. The molecule has 0 bridgehead atoms. The zero-order valence-electron chi connectivity index (χ0n) is 9.64. The van der Waals surface area contributed by atoms with Gasteiger partial charge >= 0.3 is 0 Å². The Kier molecular flexibility index (Phi) is 3.38. The summed E-state index contributed by atoms with van der Waals surface area (Å²) in [5.41, 5.74) is 5.68. The van der Waals surface area contributed by atoms with Crippen LogP contribution in [0.25, 0.3) is 0 Å². The fraction of sp³-hybridized carbons (Fsp3) is 0.500. The van der Waals surface area contributed by atoms with E-state index in [0.717, 1.165) is 13.1 Å². The van der Waals surface area contributed by atoms with E-state index >= 15 is 0 Å². The van der Waals surface area contributed by atoms with Gasteiger partial charge in [-0.25, -0.2) is 0 Å². The smallest absolute Gasteiger partial charge is 0.229 e. The highest BCUT2D eigenvalue weighted by Crippen LogP contribution is 2.16. The van der Waals surface area contributed by atoms with Crippen molar-refractivity contribution in [2.24, 2.45) is 0 Å². The van der Waals surface area contributed by atoms with Crippen LogP contribution >= 0.6 is 0 Å². The molecule has 1 aromatic rings. The Bertz CT molecular complexity index is 417. The van der Waals surface area contributed by atoms with Crippen LogP contribution in [0.3, 0.4) is 0 Å². The van der Waals surface area contributed by atoms with Gasteiger partial charge in [0.15, 0.2) is 0 Å². The average molecular weight is 237 g/mol. The van der Waals surface area contributed by atoms with Gasteiger partial charge in [-0.05, 0) is 0 Å². The molecule has 17 heavy (non-hydrogen) atoms. The molecule has 1 aromatic heterocycles. The quantitative estimate of drug-likeness (QED) is 0.743. The molecular formula is C10H15N5O2. The molecule has 1 aliphatic rings. The maximum atomic E-state index is 11.0. The third-order valence-corrected chi connectivity index (χ3v) is 2.33. The maximum Gasteiger partial charge on any atom is 0.229 e. The van der Waals surface area contributed by atoms with E-state index in [1.807, 2.05) is 4.90 Å². The Morgan fingerprint density at radius 1 is 1.47 bits per heavy atom. The number of nitrogen functional groups attached to an aromatic ring is 1. The van der Waals surface area contributed by atoms with E-state index in [2.05, 4.69) is 15.3 Å². The monoisotopic (exact) mass is 237 g/mol. The first-order valence-electron chi connectivity index (χ1n) is 5.40. The first-order chi connectivity index (χ1) is 8.15. The van der Waals surface area contributed by atoms with Crippen molar-refractivity contribution in [3.63, 3.8) is 0 Å². The fourth-order valence-electron chi connectivity index (χ4n) is 1.60. The number of aromatic nitrogens is 2. The summed E-state index contributed by atoms with van der Waals surface area (Å²) in [4.78, 5) is 21.3. The molecule has 92 valence electrons. The minimum Gasteiger partial charge on any atom is -0.383 e. The van der Waals surface area contributed by atoms with Crippen LogP contribution in [0, 0.1) is 0 Å². The highest BCUT2D eigenvalue weighted by atomic mass is 16.5. The predicted molar refractivity (Wildman–Crippen MR) is 63.8 cm³/mol. The zero-order chi connectivity index (χ0) is 12.3. The van der Waals surface area contributed by atoms with Crippen LogP contribution < -0.4 is 16.0 Å². The Hall–Kier alpha value is -1.89. The lowest BCUT2D eigenvalue weighted by atomic mass is 10.4. The molecule has 0 atom stereocenters. The number of anilines is 3. The topological polar surface area (TPSA) is 93.4 Å². The molecule has 2 rings (SSSR count). The largest absolute Gasteiger partial charge is 0.383 e. The molecule has 7 nitrogen and oxygen atoms in total. The van der Waals surface area contributed by atoms with Crippen LogP contribution in [0.4, 0.5) is 17.6 Å². The van der Waals surface area contributed by atoms with E-state index in [4.69, 9.17) is 10.5 Å². The fourth-order valence-corrected chi connectivity index (χ4v) is 1.60. The standard InChI is InChI=1S/C10H15N5O2/c1-7(16)12-9-6-8(11)13-10(14-9)15-2-4-17-5-3-15/h6H,2-5H2,1H3,(H3,11,12,13,14,16). The number of rotatable bonds is 2. The number of nitrogens with two attached hydrogens (primary N) is 1. The van der Waals surface area contributed by atoms with Crippen molar-refractivity contribution in [2.75, 3.05) is 42.3 Å². The molecule has 0 unspecified atom stereocenters. The van der Waals surface area contributed by atoms with Gasteiger partial charge in [-0.3, -0.25) is 4.79 Å². The number of carbonyl (C=O) groups excluding carboxylic acids is 1. The van der Waals surface area contributed by atoms with Gasteiger partial charge in [-0.15, -0.1) is 0 Å². The molecule has 7 heteroatoms. The molecule has 1 saturated heterocycles. The van der Waals surface area contributed by atoms with Gasteiger partial charge in [0, 0.05) is 26.1 Å². The molecule has 0 aliphatic carbocycles. The summed E-state index contributed by atoms with van der Waals surface area (Å²) in [6, 6.07) is 1.53. The number of ether oxygens (including phenoxy) is 1. The zero-order valence-corrected chi connectivity index (χ0v) is 9.64. The molecule has 1 amide bonds. The number of hydrogen-bond donors (Lipinski definition) is 2. The molecule has 3 N–H and O–H groups in total. The molecule has 1 fully saturated rings. The van der Waals surface area contributed by atoms with Crippen molar-refractivity contribution in [3.8, 4) is 0 Å². The van der Waals surface area contributed by atoms with Crippen LogP contribution in [-0.4, -0.2) is 42.2 Å². The van der Waals surface area contributed by atoms with Gasteiger partial charge < -0.3 is 20.7 Å². The van der Waals surface area contributed by atoms with Gasteiger partial charge in [0.25, 0.3) is 0 Å². The predicted octanol–water partition coefficient (Wildman–Crippen LogP) is -0.146. The minimum absolute atomic E-state index is 0.184. The van der Waals surface area contributed by atoms with Crippen molar-refractivity contribution in [1.29, 1.82) is 0 Å². The van der Waals surface area contributed by atoms with E-state index in [9.17, 15) is 4.79 Å². The van der Waals surface area contributed by atoms with Crippen LogP contribution in [0.5, 0.6) is 0 Å². The van der Waals surface area contributed by atoms with Crippen molar-refractivity contribution in [1.82, 2.24) is 9.97 Å². The number of nitrogens with one attached hydrogen (secondary N) is 1. The number of hydrogen-bond acceptors (Lipinski definition) is 6. The average Bonchev–Trinajstić information content (AvgIpc) is 2.28. The summed E-state index contributed by atoms with van der Waals surface area (Å²) >= 11 is 0. The van der Waals surface area contributed by atoms with Crippen molar-refractivity contribution in [2.45, 2.75) is 6.92 Å². The van der Waals surface area contributed by atoms with Crippen LogP contribution in [0.1, 0.15) is 6.92 Å². The molecule has 0 spiro atoms. The SMILES string of the molecule is CC(=O)Nc1cc(N)nc(N2CCOCC2)n1. The van der Waals surface area contributed by atoms with Gasteiger partial charge in [0.1, 0.15) is 11.6 Å². The second-order valence-electron chi connectivity index (χ2n) is 3.76. The molecule has 0 saturated carbocycles. The Balaban J connectivity index is 2.20. The first-order valence-corrected chi connectivity index (χ1v) is 5.40. The summed E-state index contributed by atoms with van der Waals surface area (Å²) in [6.07, 6.45) is 0. The Labute approximate surface area is 99.0 Å². The second kappa shape index (κ2) is 4.96. The van der Waals surface area contributed by atoms with Crippen LogP contribution in [0.15, 0.2) is 6.07 Å². The number of morpholine rings is 1. The Morgan fingerprint density at radius 3 is 2.82 bits per heavy atom. The van der Waals surface area contributed by atoms with Crippen molar-refractivity contribution < 1.29 is 9.53 Å². The third kappa shape index (κ3) is 3.04. The van der Waals surface area contributed by atoms with Gasteiger partial charge in [0.2, 0.25) is 11.9 Å². The highest BCUT2D eigenvalue weighted by Gasteiger charge is 2.15. The lowest BCUT2D eigenvalue weighted by Gasteiger charge is -2.27. The summed E-state index contributed by atoms with van der Waals surface area (Å²) in [5.74, 6) is 1.10. The van der Waals surface area contributed by atoms with Crippen molar-refractivity contribution in [3.05, 3.63) is 6.07 Å². The number of carbonyl (C=O) groups is 1. The number of amides is 1. The molecular weight excluding hydrogens is 222 g/mol. The highest BCUT2D eigenvalue weighted by molar-refractivity contribution is 5.88. The van der Waals surface area contributed by atoms with E-state index in [1.165, 1.54) is 13.0 Å². The summed E-state index contributed by atoms with van der Waals surface area (Å²) in [7, 11) is 0. The molecule has 0 aromatic carbocycles. The Morgan fingerprint density at radius 2 is 2.18 bits per heavy atom. The summed E-state index contributed by atoms with van der Waals surface area (Å²) in [5, 5.41) is 2.60. The first kappa shape index (κ1) is 11.6. The maximum absolute atomic E-state index is 11.0. The second-order valence-corrected chi connectivity index (χ2v) is 3.76. The summed E-state index contributed by atoms with van der Waals surface area (Å²) < 4.78 is 5.25. The van der Waals surface area contributed by atoms with Gasteiger partial charge in [-0.1, -0.05) is 0 Å². The molecule has 0 radical (unpaired) electrons. The van der Waals surface area contributed by atoms with Crippen molar-refractivity contribution >= 4 is 23.5 Å². The molecule has 1 aliphatic heterocycles. The minimum atomic E-state index is -0.184.